The number of carbonyl (C=O) groups is 2. The van der Waals surface area contributed by atoms with E-state index in [0.717, 1.165) is 37.2 Å². The smallest absolute Gasteiger partial charge is 0.231 e. The third-order valence-corrected chi connectivity index (χ3v) is 8.92. The van der Waals surface area contributed by atoms with Crippen LogP contribution in [0.2, 0.25) is 0 Å². The molecular weight excluding hydrogens is 478 g/mol. The molecule has 0 radical (unpaired) electrons. The summed E-state index contributed by atoms with van der Waals surface area (Å²) >= 11 is 3.16. The number of amides is 2. The number of hydrogen-bond acceptors (Lipinski definition) is 6. The van der Waals surface area contributed by atoms with Gasteiger partial charge in [0.2, 0.25) is 11.8 Å². The molecule has 176 valence electrons. The van der Waals surface area contributed by atoms with E-state index in [1.54, 1.807) is 23.5 Å². The van der Waals surface area contributed by atoms with E-state index in [1.165, 1.54) is 0 Å². The van der Waals surface area contributed by atoms with E-state index in [0.29, 0.717) is 6.42 Å². The molecule has 2 aromatic heterocycles. The molecule has 0 unspecified atom stereocenters. The molecule has 7 nitrogen and oxygen atoms in total. The van der Waals surface area contributed by atoms with Crippen molar-refractivity contribution in [3.8, 4) is 0 Å². The lowest BCUT2D eigenvalue weighted by Crippen LogP contribution is -2.34. The maximum absolute atomic E-state index is 13.0. The molecule has 1 aliphatic carbocycles. The van der Waals surface area contributed by atoms with Crippen molar-refractivity contribution in [1.82, 2.24) is 24.4 Å². The van der Waals surface area contributed by atoms with E-state index in [4.69, 9.17) is 4.98 Å². The number of rotatable bonds is 5. The van der Waals surface area contributed by atoms with E-state index >= 15 is 0 Å². The van der Waals surface area contributed by atoms with Gasteiger partial charge >= 0.3 is 0 Å². The van der Waals surface area contributed by atoms with E-state index in [-0.39, 0.29) is 17.7 Å². The first-order valence-electron chi connectivity index (χ1n) is 11.4. The molecule has 3 atom stereocenters. The molecule has 2 amide bonds. The highest BCUT2D eigenvalue weighted by molar-refractivity contribution is 7.99. The fourth-order valence-corrected chi connectivity index (χ4v) is 6.78. The van der Waals surface area contributed by atoms with E-state index in [1.807, 2.05) is 73.4 Å². The second-order valence-electron chi connectivity index (χ2n) is 8.81. The van der Waals surface area contributed by atoms with Crippen LogP contribution in [0.15, 0.2) is 87.0 Å². The quantitative estimate of drug-likeness (QED) is 0.416. The number of nitrogens with zero attached hydrogens (tertiary/aromatic N) is 4. The minimum absolute atomic E-state index is 0.199. The van der Waals surface area contributed by atoms with Gasteiger partial charge in [-0.05, 0) is 24.3 Å². The Kier molecular flexibility index (Phi) is 5.53. The summed E-state index contributed by atoms with van der Waals surface area (Å²) in [6.45, 7) is 0. The maximum Gasteiger partial charge on any atom is 0.231 e. The predicted molar refractivity (Wildman–Crippen MR) is 133 cm³/mol. The summed E-state index contributed by atoms with van der Waals surface area (Å²) in [6, 6.07) is 20.2. The highest BCUT2D eigenvalue weighted by Gasteiger charge is 2.53. The topological polar surface area (TPSA) is 81.8 Å². The van der Waals surface area contributed by atoms with Gasteiger partial charge in [-0.1, -0.05) is 59.9 Å². The average molecular weight is 502 g/mol. The number of nitrogens with one attached hydrogen (secondary N) is 1. The lowest BCUT2D eigenvalue weighted by molar-refractivity contribution is -0.126. The van der Waals surface area contributed by atoms with Gasteiger partial charge in [0.1, 0.15) is 0 Å². The van der Waals surface area contributed by atoms with E-state index < -0.39 is 11.8 Å². The third-order valence-electron chi connectivity index (χ3n) is 6.79. The van der Waals surface area contributed by atoms with Crippen LogP contribution >= 0.6 is 23.5 Å². The summed E-state index contributed by atoms with van der Waals surface area (Å²) in [5.41, 5.74) is 2.74. The van der Waals surface area contributed by atoms with Crippen molar-refractivity contribution >= 4 is 35.3 Å². The molecule has 0 spiro atoms. The van der Waals surface area contributed by atoms with Gasteiger partial charge in [-0.25, -0.2) is 9.97 Å². The third kappa shape index (κ3) is 3.79. The van der Waals surface area contributed by atoms with Crippen molar-refractivity contribution < 1.29 is 9.59 Å². The molecule has 0 bridgehead atoms. The van der Waals surface area contributed by atoms with Crippen molar-refractivity contribution in [1.29, 1.82) is 0 Å². The summed E-state index contributed by atoms with van der Waals surface area (Å²) in [7, 11) is 3.96. The summed E-state index contributed by atoms with van der Waals surface area (Å²) in [6.07, 6.45) is 2.33. The van der Waals surface area contributed by atoms with Gasteiger partial charge in [-0.15, -0.1) is 0 Å². The van der Waals surface area contributed by atoms with Crippen molar-refractivity contribution in [2.75, 3.05) is 0 Å². The Morgan fingerprint density at radius 3 is 2.14 bits per heavy atom. The first-order valence-corrected chi connectivity index (χ1v) is 13.0. The Hall–Kier alpha value is -3.30. The number of carbonyl (C=O) groups excluding carboxylic acids is 2. The summed E-state index contributed by atoms with van der Waals surface area (Å²) in [5.74, 6) is -1.68. The second kappa shape index (κ2) is 8.73. The molecule has 2 aliphatic rings. The zero-order chi connectivity index (χ0) is 24.1. The van der Waals surface area contributed by atoms with Gasteiger partial charge in [0.25, 0.3) is 0 Å². The molecule has 3 heterocycles. The van der Waals surface area contributed by atoms with E-state index in [9.17, 15) is 9.59 Å². The molecule has 1 aliphatic heterocycles. The van der Waals surface area contributed by atoms with Crippen molar-refractivity contribution in [2.24, 2.45) is 25.9 Å². The van der Waals surface area contributed by atoms with Crippen LogP contribution in [0.3, 0.4) is 0 Å². The summed E-state index contributed by atoms with van der Waals surface area (Å²) in [4.78, 5) is 37.7. The number of fused-ring (bicyclic) bond motifs is 2. The molecule has 6 rings (SSSR count). The Morgan fingerprint density at radius 2 is 1.49 bits per heavy atom. The summed E-state index contributed by atoms with van der Waals surface area (Å²) < 4.78 is 4.10. The molecule has 4 aromatic rings. The van der Waals surface area contributed by atoms with Gasteiger partial charge in [-0.3, -0.25) is 14.9 Å². The standard InChI is InChI=1S/C26H23N5O2S2/c1-30-18-13-17-20(24(33)29-23(17)32)21(22(18)28-26(30)35-16-11-7-4-8-12-16)19-14-27-25(31(19)2)34-15-9-5-3-6-10-15/h3-12,14,17,20-21H,13H2,1-2H3,(H,29,32,33)/t17-,20-,21+/m1/s1. The molecule has 0 saturated carbocycles. The van der Waals surface area contributed by atoms with Crippen LogP contribution in [0.4, 0.5) is 0 Å². The Bertz CT molecular complexity index is 1430. The largest absolute Gasteiger partial charge is 0.326 e. The van der Waals surface area contributed by atoms with Gasteiger partial charge in [0.05, 0.1) is 29.6 Å². The average Bonchev–Trinajstić information content (AvgIpc) is 3.48. The SMILES string of the molecule is Cn1c([C@@H]2c3nc(Sc4ccccc4)n(C)c3C[C@H]3C(=O)NC(=O)[C@@H]23)cnc1Sc1ccccc1. The van der Waals surface area contributed by atoms with Crippen LogP contribution in [0.5, 0.6) is 0 Å². The molecule has 35 heavy (non-hydrogen) atoms. The zero-order valence-corrected chi connectivity index (χ0v) is 20.8. The normalized spacial score (nSPS) is 21.0. The van der Waals surface area contributed by atoms with E-state index in [2.05, 4.69) is 27.0 Å². The first-order chi connectivity index (χ1) is 17.0. The predicted octanol–water partition coefficient (Wildman–Crippen LogP) is 4.03. The summed E-state index contributed by atoms with van der Waals surface area (Å²) in [5, 5.41) is 4.24. The van der Waals surface area contributed by atoms with Gasteiger partial charge in [0.15, 0.2) is 10.3 Å². The minimum atomic E-state index is -0.496. The number of imidazole rings is 2. The second-order valence-corrected chi connectivity index (χ2v) is 10.9. The Labute approximate surface area is 211 Å². The zero-order valence-electron chi connectivity index (χ0n) is 19.2. The molecular formula is C26H23N5O2S2. The number of aromatic nitrogens is 4. The van der Waals surface area contributed by atoms with Crippen LogP contribution in [-0.4, -0.2) is 30.9 Å². The van der Waals surface area contributed by atoms with Crippen LogP contribution < -0.4 is 5.32 Å². The molecule has 2 aromatic carbocycles. The van der Waals surface area contributed by atoms with Crippen molar-refractivity contribution in [2.45, 2.75) is 32.4 Å². The highest BCUT2D eigenvalue weighted by Crippen LogP contribution is 2.47. The van der Waals surface area contributed by atoms with Crippen LogP contribution in [0.25, 0.3) is 0 Å². The van der Waals surface area contributed by atoms with Crippen LogP contribution in [0.1, 0.15) is 23.0 Å². The number of imide groups is 1. The maximum atomic E-state index is 13.0. The highest BCUT2D eigenvalue weighted by atomic mass is 32.2. The first kappa shape index (κ1) is 22.2. The van der Waals surface area contributed by atoms with Gasteiger partial charge in [-0.2, -0.15) is 0 Å². The molecule has 1 saturated heterocycles. The fraction of sp³-hybridized carbons (Fsp3) is 0.231. The monoisotopic (exact) mass is 501 g/mol. The minimum Gasteiger partial charge on any atom is -0.326 e. The van der Waals surface area contributed by atoms with Crippen molar-refractivity contribution in [3.63, 3.8) is 0 Å². The lowest BCUT2D eigenvalue weighted by Gasteiger charge is -2.30. The molecule has 9 heteroatoms. The fourth-order valence-electron chi connectivity index (χ4n) is 5.04. The lowest BCUT2D eigenvalue weighted by atomic mass is 9.72. The Balaban J connectivity index is 1.44. The van der Waals surface area contributed by atoms with Crippen molar-refractivity contribution in [3.05, 3.63) is 83.9 Å². The Morgan fingerprint density at radius 1 is 0.857 bits per heavy atom. The van der Waals surface area contributed by atoms with Crippen LogP contribution in [-0.2, 0) is 30.1 Å². The van der Waals surface area contributed by atoms with Crippen LogP contribution in [0, 0.1) is 11.8 Å². The van der Waals surface area contributed by atoms with Gasteiger partial charge < -0.3 is 9.13 Å². The number of benzene rings is 2. The molecule has 1 N–H and O–H groups in total. The number of hydrogen-bond donors (Lipinski definition) is 1. The molecule has 1 fully saturated rings. The van der Waals surface area contributed by atoms with Gasteiger partial charge in [0, 0.05) is 41.7 Å².